The summed E-state index contributed by atoms with van der Waals surface area (Å²) in [6, 6.07) is 13.6. The maximum atomic E-state index is 13.3. The first-order valence-electron chi connectivity index (χ1n) is 13.3. The van der Waals surface area contributed by atoms with E-state index in [1.807, 2.05) is 36.4 Å². The number of aromatic nitrogens is 2. The molecule has 1 atom stereocenters. The minimum absolute atomic E-state index is 0.0970. The lowest BCUT2D eigenvalue weighted by Crippen LogP contribution is -2.50. The van der Waals surface area contributed by atoms with Crippen LogP contribution in [0, 0.1) is 0 Å². The van der Waals surface area contributed by atoms with Crippen LogP contribution in [0.1, 0.15) is 46.3 Å². The fourth-order valence-electron chi connectivity index (χ4n) is 5.80. The smallest absolute Gasteiger partial charge is 0.254 e. The number of benzene rings is 2. The van der Waals surface area contributed by atoms with Crippen molar-refractivity contribution in [1.29, 1.82) is 0 Å². The first-order chi connectivity index (χ1) is 19.0. The average molecular weight is 548 g/mol. The van der Waals surface area contributed by atoms with E-state index in [-0.39, 0.29) is 31.0 Å². The van der Waals surface area contributed by atoms with Crippen LogP contribution >= 0.6 is 11.6 Å². The van der Waals surface area contributed by atoms with E-state index in [2.05, 4.69) is 20.6 Å². The van der Waals surface area contributed by atoms with Crippen LogP contribution in [-0.4, -0.2) is 64.2 Å². The summed E-state index contributed by atoms with van der Waals surface area (Å²) in [7, 11) is 0. The number of fused-ring (bicyclic) bond motifs is 2. The number of carbonyl (C=O) groups excluding carboxylic acids is 2. The van der Waals surface area contributed by atoms with Gasteiger partial charge in [-0.2, -0.15) is 0 Å². The molecule has 39 heavy (non-hydrogen) atoms. The zero-order valence-corrected chi connectivity index (χ0v) is 22.2. The summed E-state index contributed by atoms with van der Waals surface area (Å²) in [5.41, 5.74) is 3.85. The van der Waals surface area contributed by atoms with E-state index in [1.54, 1.807) is 12.3 Å². The van der Waals surface area contributed by atoms with Crippen molar-refractivity contribution in [2.75, 3.05) is 31.7 Å². The van der Waals surface area contributed by atoms with Gasteiger partial charge in [-0.05, 0) is 48.4 Å². The molecule has 0 bridgehead atoms. The third kappa shape index (κ3) is 4.97. The van der Waals surface area contributed by atoms with Crippen molar-refractivity contribution in [3.8, 4) is 11.3 Å². The lowest BCUT2D eigenvalue weighted by molar-refractivity contribution is -0.124. The predicted molar refractivity (Wildman–Crippen MR) is 146 cm³/mol. The van der Waals surface area contributed by atoms with Crippen molar-refractivity contribution < 1.29 is 19.4 Å². The number of hydrogen-bond donors (Lipinski definition) is 3. The quantitative estimate of drug-likeness (QED) is 0.415. The standard InChI is InChI=1S/C29H30ClN5O4/c30-24-14-31-28(32-21-8-11-39-12-9-21)33-26(24)19-5-6-20-15-35(27(38)22(20)13-19)16-25(37)34-29(17-36)10-7-18-3-1-2-4-23(18)29/h1-6,13-14,21,36H,7-12,15-17H2,(H,34,37)(H,31,32,33)/t29-/m1/s1. The van der Waals surface area contributed by atoms with Gasteiger partial charge in [0.25, 0.3) is 5.91 Å². The Morgan fingerprint density at radius 3 is 2.82 bits per heavy atom. The molecule has 1 aromatic heterocycles. The van der Waals surface area contributed by atoms with Gasteiger partial charge < -0.3 is 25.4 Å². The maximum absolute atomic E-state index is 13.3. The Bertz CT molecular complexity index is 1430. The Morgan fingerprint density at radius 2 is 2.00 bits per heavy atom. The zero-order chi connectivity index (χ0) is 27.0. The van der Waals surface area contributed by atoms with Gasteiger partial charge in [0.2, 0.25) is 11.9 Å². The molecule has 0 saturated carbocycles. The van der Waals surface area contributed by atoms with Crippen molar-refractivity contribution in [2.24, 2.45) is 0 Å². The van der Waals surface area contributed by atoms with Crippen molar-refractivity contribution in [2.45, 2.75) is 43.8 Å². The SMILES string of the molecule is O=C(CN1Cc2ccc(-c3nc(NC4CCOCC4)ncc3Cl)cc2C1=O)N[C@@]1(CO)CCc2ccccc21. The average Bonchev–Trinajstić information content (AvgIpc) is 3.47. The van der Waals surface area contributed by atoms with Crippen LogP contribution in [0.25, 0.3) is 11.3 Å². The third-order valence-electron chi connectivity index (χ3n) is 7.90. The van der Waals surface area contributed by atoms with Gasteiger partial charge in [0, 0.05) is 36.9 Å². The number of aryl methyl sites for hydroxylation is 1. The molecule has 0 unspecified atom stereocenters. The fourth-order valence-corrected chi connectivity index (χ4v) is 6.00. The van der Waals surface area contributed by atoms with Gasteiger partial charge in [-0.3, -0.25) is 9.59 Å². The van der Waals surface area contributed by atoms with Crippen molar-refractivity contribution in [3.63, 3.8) is 0 Å². The number of halogens is 1. The summed E-state index contributed by atoms with van der Waals surface area (Å²) in [4.78, 5) is 36.9. The Hall–Kier alpha value is -3.53. The van der Waals surface area contributed by atoms with Crippen LogP contribution in [0.3, 0.4) is 0 Å². The van der Waals surface area contributed by atoms with Crippen LogP contribution in [0.5, 0.6) is 0 Å². The molecular weight excluding hydrogens is 518 g/mol. The van der Waals surface area contributed by atoms with Gasteiger partial charge >= 0.3 is 0 Å². The number of nitrogens with zero attached hydrogens (tertiary/aromatic N) is 3. The van der Waals surface area contributed by atoms with Crippen LogP contribution in [-0.2, 0) is 28.0 Å². The molecule has 0 spiro atoms. The summed E-state index contributed by atoms with van der Waals surface area (Å²) in [5.74, 6) is -0.0415. The number of nitrogens with one attached hydrogen (secondary N) is 2. The molecule has 2 amide bonds. The second-order valence-electron chi connectivity index (χ2n) is 10.4. The zero-order valence-electron chi connectivity index (χ0n) is 21.5. The molecule has 9 nitrogen and oxygen atoms in total. The van der Waals surface area contributed by atoms with Gasteiger partial charge in [-0.25, -0.2) is 9.97 Å². The van der Waals surface area contributed by atoms with Crippen LogP contribution in [0.2, 0.25) is 5.02 Å². The molecule has 2 aromatic carbocycles. The van der Waals surface area contributed by atoms with Gasteiger partial charge in [-0.15, -0.1) is 0 Å². The number of ether oxygens (including phenoxy) is 1. The normalized spacial score (nSPS) is 20.6. The van der Waals surface area contributed by atoms with Gasteiger partial charge in [0.15, 0.2) is 0 Å². The summed E-state index contributed by atoms with van der Waals surface area (Å²) >= 11 is 6.46. The molecule has 1 fully saturated rings. The van der Waals surface area contributed by atoms with Gasteiger partial charge in [0.05, 0.1) is 29.1 Å². The highest BCUT2D eigenvalue weighted by Gasteiger charge is 2.40. The first kappa shape index (κ1) is 25.7. The number of rotatable bonds is 7. The maximum Gasteiger partial charge on any atom is 0.254 e. The molecule has 2 aliphatic heterocycles. The second kappa shape index (κ2) is 10.6. The molecule has 3 heterocycles. The van der Waals surface area contributed by atoms with E-state index < -0.39 is 5.54 Å². The van der Waals surface area contributed by atoms with Crippen molar-refractivity contribution in [3.05, 3.63) is 75.9 Å². The van der Waals surface area contributed by atoms with E-state index in [0.29, 0.717) is 54.0 Å². The summed E-state index contributed by atoms with van der Waals surface area (Å²) in [6.07, 6.45) is 4.73. The minimum atomic E-state index is -0.823. The van der Waals surface area contributed by atoms with Crippen LogP contribution < -0.4 is 10.6 Å². The van der Waals surface area contributed by atoms with Crippen molar-refractivity contribution in [1.82, 2.24) is 20.2 Å². The lowest BCUT2D eigenvalue weighted by atomic mass is 9.92. The molecule has 0 radical (unpaired) electrons. The van der Waals surface area contributed by atoms with Crippen molar-refractivity contribution >= 4 is 29.4 Å². The van der Waals surface area contributed by atoms with Gasteiger partial charge in [-0.1, -0.05) is 48.0 Å². The van der Waals surface area contributed by atoms with E-state index in [4.69, 9.17) is 16.3 Å². The summed E-state index contributed by atoms with van der Waals surface area (Å²) < 4.78 is 5.42. The van der Waals surface area contributed by atoms with E-state index in [1.165, 1.54) is 4.90 Å². The number of anilines is 1. The molecule has 6 rings (SSSR count). The molecule has 3 aromatic rings. The predicted octanol–water partition coefficient (Wildman–Crippen LogP) is 3.29. The number of hydrogen-bond acceptors (Lipinski definition) is 7. The minimum Gasteiger partial charge on any atom is -0.394 e. The molecule has 1 aliphatic carbocycles. The molecule has 1 saturated heterocycles. The highest BCUT2D eigenvalue weighted by atomic mass is 35.5. The Labute approximate surface area is 231 Å². The topological polar surface area (TPSA) is 117 Å². The molecule has 10 heteroatoms. The first-order valence-corrected chi connectivity index (χ1v) is 13.6. The number of aliphatic hydroxyl groups is 1. The number of amides is 2. The number of carbonyl (C=O) groups is 2. The molecular formula is C29H30ClN5O4. The Morgan fingerprint density at radius 1 is 1.18 bits per heavy atom. The van der Waals surface area contributed by atoms with E-state index in [9.17, 15) is 14.7 Å². The third-order valence-corrected chi connectivity index (χ3v) is 8.17. The van der Waals surface area contributed by atoms with Crippen LogP contribution in [0.15, 0.2) is 48.7 Å². The highest BCUT2D eigenvalue weighted by Crippen LogP contribution is 2.37. The lowest BCUT2D eigenvalue weighted by Gasteiger charge is -2.30. The molecule has 202 valence electrons. The van der Waals surface area contributed by atoms with E-state index in [0.717, 1.165) is 36.0 Å². The monoisotopic (exact) mass is 547 g/mol. The fraction of sp³-hybridized carbons (Fsp3) is 0.379. The largest absolute Gasteiger partial charge is 0.394 e. The van der Waals surface area contributed by atoms with E-state index >= 15 is 0 Å². The highest BCUT2D eigenvalue weighted by molar-refractivity contribution is 6.33. The Kier molecular flexibility index (Phi) is 6.97. The summed E-state index contributed by atoms with van der Waals surface area (Å²) in [5, 5.41) is 17.0. The second-order valence-corrected chi connectivity index (χ2v) is 10.8. The summed E-state index contributed by atoms with van der Waals surface area (Å²) in [6.45, 7) is 1.44. The Balaban J connectivity index is 1.16. The number of aliphatic hydroxyl groups excluding tert-OH is 1. The molecule has 3 aliphatic rings. The molecule has 3 N–H and O–H groups in total. The van der Waals surface area contributed by atoms with Gasteiger partial charge in [0.1, 0.15) is 6.54 Å². The van der Waals surface area contributed by atoms with Crippen LogP contribution in [0.4, 0.5) is 5.95 Å².